The molecule has 0 saturated heterocycles. The minimum Gasteiger partial charge on any atom is -0.349 e. The van der Waals surface area contributed by atoms with Gasteiger partial charge >= 0.3 is 0 Å². The summed E-state index contributed by atoms with van der Waals surface area (Å²) in [6, 6.07) is 10.2. The quantitative estimate of drug-likeness (QED) is 0.715. The van der Waals surface area contributed by atoms with Gasteiger partial charge in [0.05, 0.1) is 12.2 Å². The average molecular weight is 372 g/mol. The summed E-state index contributed by atoms with van der Waals surface area (Å²) in [6.07, 6.45) is 1.49. The van der Waals surface area contributed by atoms with Gasteiger partial charge in [0.1, 0.15) is 6.54 Å². The molecule has 27 heavy (non-hydrogen) atoms. The maximum atomic E-state index is 12.5. The van der Waals surface area contributed by atoms with E-state index < -0.39 is 0 Å². The zero-order valence-corrected chi connectivity index (χ0v) is 16.4. The highest BCUT2D eigenvalue weighted by atomic mass is 16.2. The molecule has 1 unspecified atom stereocenters. The molecule has 1 aromatic carbocycles. The normalized spacial score (nSPS) is 12.0. The monoisotopic (exact) mass is 372 g/mol. The van der Waals surface area contributed by atoms with E-state index in [2.05, 4.69) is 46.5 Å². The largest absolute Gasteiger partial charge is 0.349 e. The molecule has 8 heteroatoms. The third-order valence-electron chi connectivity index (χ3n) is 4.46. The Morgan fingerprint density at radius 3 is 2.41 bits per heavy atom. The predicted octanol–water partition coefficient (Wildman–Crippen LogP) is 1.18. The highest BCUT2D eigenvalue weighted by Gasteiger charge is 2.20. The van der Waals surface area contributed by atoms with Crippen LogP contribution in [0.15, 0.2) is 36.5 Å². The SMILES string of the molecule is CCN(CC)C(CNC(=O)c1cn(CC(=O)N(C)C)nn1)c1ccccc1. The van der Waals surface area contributed by atoms with Crippen molar-refractivity contribution in [3.8, 4) is 0 Å². The van der Waals surface area contributed by atoms with Crippen LogP contribution in [0.2, 0.25) is 0 Å². The second kappa shape index (κ2) is 9.82. The number of rotatable bonds is 9. The van der Waals surface area contributed by atoms with E-state index in [-0.39, 0.29) is 30.1 Å². The van der Waals surface area contributed by atoms with Crippen LogP contribution in [0.5, 0.6) is 0 Å². The van der Waals surface area contributed by atoms with Crippen molar-refractivity contribution in [2.45, 2.75) is 26.4 Å². The third-order valence-corrected chi connectivity index (χ3v) is 4.46. The fourth-order valence-electron chi connectivity index (χ4n) is 2.84. The number of benzene rings is 1. The molecule has 1 heterocycles. The number of nitrogens with zero attached hydrogens (tertiary/aromatic N) is 5. The molecule has 2 amide bonds. The summed E-state index contributed by atoms with van der Waals surface area (Å²) in [7, 11) is 3.34. The fraction of sp³-hybridized carbons (Fsp3) is 0.474. The fourth-order valence-corrected chi connectivity index (χ4v) is 2.84. The van der Waals surface area contributed by atoms with Crippen LogP contribution in [0.1, 0.15) is 35.9 Å². The zero-order valence-electron chi connectivity index (χ0n) is 16.4. The van der Waals surface area contributed by atoms with Gasteiger partial charge in [-0.05, 0) is 18.7 Å². The van der Waals surface area contributed by atoms with E-state index in [4.69, 9.17) is 0 Å². The number of carbonyl (C=O) groups excluding carboxylic acids is 2. The molecule has 0 radical (unpaired) electrons. The Balaban J connectivity index is 2.03. The summed E-state index contributed by atoms with van der Waals surface area (Å²) in [4.78, 5) is 28.0. The Labute approximate surface area is 160 Å². The van der Waals surface area contributed by atoms with Gasteiger partial charge in [0, 0.05) is 20.6 Å². The molecule has 1 aromatic heterocycles. The van der Waals surface area contributed by atoms with E-state index in [9.17, 15) is 9.59 Å². The lowest BCUT2D eigenvalue weighted by molar-refractivity contribution is -0.129. The standard InChI is InChI=1S/C19H28N6O2/c1-5-24(6-2)17(15-10-8-7-9-11-15)12-20-19(27)16-13-25(22-21-16)14-18(26)23(3)4/h7-11,13,17H,5-6,12,14H2,1-4H3,(H,20,27). The van der Waals surface area contributed by atoms with Crippen molar-refractivity contribution in [1.82, 2.24) is 30.1 Å². The third kappa shape index (κ3) is 5.62. The lowest BCUT2D eigenvalue weighted by atomic mass is 10.1. The van der Waals surface area contributed by atoms with Crippen LogP contribution < -0.4 is 5.32 Å². The Bertz CT molecular complexity index is 740. The van der Waals surface area contributed by atoms with Crippen LogP contribution in [0.4, 0.5) is 0 Å². The number of amides is 2. The maximum absolute atomic E-state index is 12.5. The zero-order chi connectivity index (χ0) is 19.8. The minimum atomic E-state index is -0.299. The van der Waals surface area contributed by atoms with Crippen molar-refractivity contribution in [1.29, 1.82) is 0 Å². The Morgan fingerprint density at radius 2 is 1.81 bits per heavy atom. The lowest BCUT2D eigenvalue weighted by Crippen LogP contribution is -2.38. The topological polar surface area (TPSA) is 83.4 Å². The first-order chi connectivity index (χ1) is 13.0. The minimum absolute atomic E-state index is 0.0549. The maximum Gasteiger partial charge on any atom is 0.273 e. The number of carbonyl (C=O) groups is 2. The molecule has 0 saturated carbocycles. The van der Waals surface area contributed by atoms with Gasteiger partial charge < -0.3 is 10.2 Å². The highest BCUT2D eigenvalue weighted by molar-refractivity contribution is 5.91. The smallest absolute Gasteiger partial charge is 0.273 e. The van der Waals surface area contributed by atoms with Crippen molar-refractivity contribution in [2.24, 2.45) is 0 Å². The van der Waals surface area contributed by atoms with Crippen LogP contribution in [-0.4, -0.2) is 70.3 Å². The molecule has 1 atom stereocenters. The molecule has 8 nitrogen and oxygen atoms in total. The summed E-state index contributed by atoms with van der Waals surface area (Å²) >= 11 is 0. The lowest BCUT2D eigenvalue weighted by Gasteiger charge is -2.30. The molecule has 0 spiro atoms. The molecule has 0 aliphatic rings. The van der Waals surface area contributed by atoms with Crippen LogP contribution >= 0.6 is 0 Å². The van der Waals surface area contributed by atoms with Gasteiger partial charge in [-0.1, -0.05) is 49.4 Å². The molecule has 146 valence electrons. The first-order valence-corrected chi connectivity index (χ1v) is 9.13. The van der Waals surface area contributed by atoms with Crippen molar-refractivity contribution >= 4 is 11.8 Å². The van der Waals surface area contributed by atoms with Crippen LogP contribution in [-0.2, 0) is 11.3 Å². The van der Waals surface area contributed by atoms with Crippen molar-refractivity contribution in [3.05, 3.63) is 47.8 Å². The number of aromatic nitrogens is 3. The number of likely N-dealkylation sites (N-methyl/N-ethyl adjacent to an activating group) is 2. The van der Waals surface area contributed by atoms with E-state index in [1.165, 1.54) is 15.8 Å². The van der Waals surface area contributed by atoms with Crippen LogP contribution in [0, 0.1) is 0 Å². The van der Waals surface area contributed by atoms with Gasteiger partial charge in [-0.2, -0.15) is 0 Å². The molecule has 0 fully saturated rings. The summed E-state index contributed by atoms with van der Waals surface area (Å²) < 4.78 is 1.37. The summed E-state index contributed by atoms with van der Waals surface area (Å²) in [5.74, 6) is -0.413. The van der Waals surface area contributed by atoms with Gasteiger partial charge in [0.15, 0.2) is 5.69 Å². The van der Waals surface area contributed by atoms with Crippen LogP contribution in [0.25, 0.3) is 0 Å². The Morgan fingerprint density at radius 1 is 1.15 bits per heavy atom. The van der Waals surface area contributed by atoms with E-state index in [0.29, 0.717) is 6.54 Å². The number of hydrogen-bond donors (Lipinski definition) is 1. The van der Waals surface area contributed by atoms with E-state index in [1.54, 1.807) is 14.1 Å². The molecular weight excluding hydrogens is 344 g/mol. The Hall–Kier alpha value is -2.74. The molecule has 2 aromatic rings. The van der Waals surface area contributed by atoms with Gasteiger partial charge in [0.25, 0.3) is 5.91 Å². The molecule has 0 aliphatic carbocycles. The first-order valence-electron chi connectivity index (χ1n) is 9.13. The van der Waals surface area contributed by atoms with Crippen LogP contribution in [0.3, 0.4) is 0 Å². The molecule has 2 rings (SSSR count). The summed E-state index contributed by atoms with van der Waals surface area (Å²) in [5.41, 5.74) is 1.36. The highest BCUT2D eigenvalue weighted by Crippen LogP contribution is 2.19. The van der Waals surface area contributed by atoms with E-state index in [0.717, 1.165) is 18.7 Å². The molecular formula is C19H28N6O2. The van der Waals surface area contributed by atoms with Gasteiger partial charge in [0.2, 0.25) is 5.91 Å². The van der Waals surface area contributed by atoms with E-state index >= 15 is 0 Å². The number of hydrogen-bond acceptors (Lipinski definition) is 5. The first kappa shape index (κ1) is 20.6. The second-order valence-electron chi connectivity index (χ2n) is 6.45. The van der Waals surface area contributed by atoms with Crippen molar-refractivity contribution < 1.29 is 9.59 Å². The summed E-state index contributed by atoms with van der Waals surface area (Å²) in [5, 5.41) is 10.7. The van der Waals surface area contributed by atoms with Gasteiger partial charge in [-0.15, -0.1) is 5.10 Å². The summed E-state index contributed by atoms with van der Waals surface area (Å²) in [6.45, 7) is 6.50. The number of nitrogens with one attached hydrogen (secondary N) is 1. The van der Waals surface area contributed by atoms with Gasteiger partial charge in [-0.25, -0.2) is 4.68 Å². The van der Waals surface area contributed by atoms with Crippen molar-refractivity contribution in [3.63, 3.8) is 0 Å². The average Bonchev–Trinajstić information content (AvgIpc) is 3.14. The van der Waals surface area contributed by atoms with Gasteiger partial charge in [-0.3, -0.25) is 14.5 Å². The Kier molecular flexibility index (Phi) is 7.48. The molecule has 1 N–H and O–H groups in total. The molecule has 0 aliphatic heterocycles. The second-order valence-corrected chi connectivity index (χ2v) is 6.45. The molecule has 0 bridgehead atoms. The van der Waals surface area contributed by atoms with E-state index in [1.807, 2.05) is 18.2 Å². The van der Waals surface area contributed by atoms with Crippen molar-refractivity contribution in [2.75, 3.05) is 33.7 Å². The predicted molar refractivity (Wildman–Crippen MR) is 103 cm³/mol.